The van der Waals surface area contributed by atoms with E-state index < -0.39 is 11.0 Å². The summed E-state index contributed by atoms with van der Waals surface area (Å²) < 4.78 is 0. The number of aliphatic hydroxyl groups is 1. The monoisotopic (exact) mass is 286 g/mol. The molecule has 2 N–H and O–H groups in total. The molecule has 5 nitrogen and oxygen atoms in total. The lowest BCUT2D eigenvalue weighted by molar-refractivity contribution is -0.384. The van der Waals surface area contributed by atoms with E-state index in [1.54, 1.807) is 12.1 Å². The second-order valence-corrected chi connectivity index (χ2v) is 4.80. The van der Waals surface area contributed by atoms with Crippen molar-refractivity contribution in [3.63, 3.8) is 0 Å². The maximum Gasteiger partial charge on any atom is 0.269 e. The lowest BCUT2D eigenvalue weighted by Crippen LogP contribution is -2.12. The molecule has 0 aliphatic heterocycles. The molecule has 0 aliphatic rings. The van der Waals surface area contributed by atoms with Crippen LogP contribution in [0.3, 0.4) is 0 Å². The summed E-state index contributed by atoms with van der Waals surface area (Å²) in [7, 11) is 0. The molecule has 0 heterocycles. The molecule has 0 saturated heterocycles. The van der Waals surface area contributed by atoms with E-state index in [0.29, 0.717) is 12.1 Å². The van der Waals surface area contributed by atoms with Crippen LogP contribution in [0.25, 0.3) is 0 Å². The summed E-state index contributed by atoms with van der Waals surface area (Å²) in [6, 6.07) is 14.0. The Labute approximate surface area is 123 Å². The molecule has 0 amide bonds. The van der Waals surface area contributed by atoms with E-state index in [2.05, 4.69) is 12.2 Å². The van der Waals surface area contributed by atoms with Gasteiger partial charge in [-0.15, -0.1) is 0 Å². The SMILES string of the molecule is CCc1ccc(NCC(O)c2ccc([N+](=O)[O-])cc2)cc1. The molecule has 0 fully saturated rings. The minimum atomic E-state index is -0.711. The van der Waals surface area contributed by atoms with Crippen molar-refractivity contribution in [3.8, 4) is 0 Å². The summed E-state index contributed by atoms with van der Waals surface area (Å²) in [4.78, 5) is 10.1. The van der Waals surface area contributed by atoms with E-state index in [4.69, 9.17) is 0 Å². The number of nitro benzene ring substituents is 1. The van der Waals surface area contributed by atoms with Crippen molar-refractivity contribution in [1.29, 1.82) is 0 Å². The van der Waals surface area contributed by atoms with Gasteiger partial charge in [0.25, 0.3) is 5.69 Å². The maximum atomic E-state index is 10.6. The van der Waals surface area contributed by atoms with Gasteiger partial charge in [0.15, 0.2) is 0 Å². The van der Waals surface area contributed by atoms with Crippen LogP contribution in [-0.4, -0.2) is 16.6 Å². The van der Waals surface area contributed by atoms with Crippen LogP contribution in [-0.2, 0) is 6.42 Å². The number of nitrogens with one attached hydrogen (secondary N) is 1. The minimum absolute atomic E-state index is 0.0223. The normalized spacial score (nSPS) is 11.9. The van der Waals surface area contributed by atoms with Gasteiger partial charge in [-0.2, -0.15) is 0 Å². The number of aliphatic hydroxyl groups excluding tert-OH is 1. The zero-order valence-corrected chi connectivity index (χ0v) is 11.8. The van der Waals surface area contributed by atoms with Crippen molar-refractivity contribution in [1.82, 2.24) is 0 Å². The fraction of sp³-hybridized carbons (Fsp3) is 0.250. The first-order chi connectivity index (χ1) is 10.1. The Morgan fingerprint density at radius 3 is 2.29 bits per heavy atom. The molecule has 5 heteroatoms. The van der Waals surface area contributed by atoms with Gasteiger partial charge in [-0.05, 0) is 41.8 Å². The lowest BCUT2D eigenvalue weighted by atomic mass is 10.1. The quantitative estimate of drug-likeness (QED) is 0.631. The highest BCUT2D eigenvalue weighted by Crippen LogP contribution is 2.18. The summed E-state index contributed by atoms with van der Waals surface area (Å²) >= 11 is 0. The van der Waals surface area contributed by atoms with Crippen LogP contribution in [0.2, 0.25) is 0 Å². The summed E-state index contributed by atoms with van der Waals surface area (Å²) in [6.07, 6.45) is 0.280. The second kappa shape index (κ2) is 6.85. The minimum Gasteiger partial charge on any atom is -0.387 e. The van der Waals surface area contributed by atoms with E-state index in [1.807, 2.05) is 24.3 Å². The predicted molar refractivity (Wildman–Crippen MR) is 82.4 cm³/mol. The average molecular weight is 286 g/mol. The topological polar surface area (TPSA) is 75.4 Å². The van der Waals surface area contributed by atoms with Crippen LogP contribution >= 0.6 is 0 Å². The van der Waals surface area contributed by atoms with Crippen molar-refractivity contribution in [2.45, 2.75) is 19.4 Å². The highest BCUT2D eigenvalue weighted by atomic mass is 16.6. The van der Waals surface area contributed by atoms with Crippen LogP contribution < -0.4 is 5.32 Å². The number of hydrogen-bond donors (Lipinski definition) is 2. The first kappa shape index (κ1) is 15.0. The average Bonchev–Trinajstić information content (AvgIpc) is 2.53. The fourth-order valence-corrected chi connectivity index (χ4v) is 2.01. The number of aryl methyl sites for hydroxylation is 1. The predicted octanol–water partition coefficient (Wildman–Crippen LogP) is 3.30. The first-order valence-corrected chi connectivity index (χ1v) is 6.85. The highest BCUT2D eigenvalue weighted by molar-refractivity contribution is 5.45. The Morgan fingerprint density at radius 2 is 1.76 bits per heavy atom. The van der Waals surface area contributed by atoms with Crippen molar-refractivity contribution in [2.75, 3.05) is 11.9 Å². The van der Waals surface area contributed by atoms with Crippen molar-refractivity contribution in [2.24, 2.45) is 0 Å². The van der Waals surface area contributed by atoms with E-state index in [0.717, 1.165) is 12.1 Å². The van der Waals surface area contributed by atoms with Gasteiger partial charge in [-0.25, -0.2) is 0 Å². The zero-order valence-electron chi connectivity index (χ0n) is 11.8. The molecule has 0 saturated carbocycles. The van der Waals surface area contributed by atoms with Gasteiger partial charge in [-0.1, -0.05) is 19.1 Å². The summed E-state index contributed by atoms with van der Waals surface area (Å²) in [5, 5.41) is 23.8. The van der Waals surface area contributed by atoms with E-state index in [1.165, 1.54) is 17.7 Å². The van der Waals surface area contributed by atoms with Gasteiger partial charge in [0.05, 0.1) is 11.0 Å². The van der Waals surface area contributed by atoms with E-state index in [9.17, 15) is 15.2 Å². The third-order valence-corrected chi connectivity index (χ3v) is 3.35. The first-order valence-electron chi connectivity index (χ1n) is 6.85. The highest BCUT2D eigenvalue weighted by Gasteiger charge is 2.10. The number of non-ortho nitro benzene ring substituents is 1. The number of nitrogens with zero attached hydrogens (tertiary/aromatic N) is 1. The molecule has 0 aliphatic carbocycles. The molecule has 1 unspecified atom stereocenters. The zero-order chi connectivity index (χ0) is 15.2. The van der Waals surface area contributed by atoms with Crippen molar-refractivity contribution >= 4 is 11.4 Å². The largest absolute Gasteiger partial charge is 0.387 e. The third kappa shape index (κ3) is 4.03. The van der Waals surface area contributed by atoms with Gasteiger partial charge in [0.2, 0.25) is 0 Å². The van der Waals surface area contributed by atoms with Gasteiger partial charge in [-0.3, -0.25) is 10.1 Å². The molecular formula is C16H18N2O3. The van der Waals surface area contributed by atoms with Crippen LogP contribution in [0.1, 0.15) is 24.2 Å². The Balaban J connectivity index is 1.94. The molecule has 0 bridgehead atoms. The molecule has 0 radical (unpaired) electrons. The summed E-state index contributed by atoms with van der Waals surface area (Å²) in [6.45, 7) is 2.45. The van der Waals surface area contributed by atoms with Crippen molar-refractivity contribution < 1.29 is 10.0 Å². The maximum absolute atomic E-state index is 10.6. The van der Waals surface area contributed by atoms with E-state index in [-0.39, 0.29) is 5.69 Å². The lowest BCUT2D eigenvalue weighted by Gasteiger charge is -2.13. The van der Waals surface area contributed by atoms with Gasteiger partial charge in [0, 0.05) is 24.4 Å². The summed E-state index contributed by atoms with van der Waals surface area (Å²) in [5.41, 5.74) is 2.87. The molecule has 2 rings (SSSR count). The van der Waals surface area contributed by atoms with Crippen molar-refractivity contribution in [3.05, 3.63) is 69.8 Å². The Kier molecular flexibility index (Phi) is 4.90. The molecular weight excluding hydrogens is 268 g/mol. The van der Waals surface area contributed by atoms with Crippen LogP contribution in [0.15, 0.2) is 48.5 Å². The Morgan fingerprint density at radius 1 is 1.14 bits per heavy atom. The molecule has 0 aromatic heterocycles. The smallest absolute Gasteiger partial charge is 0.269 e. The third-order valence-electron chi connectivity index (χ3n) is 3.35. The Hall–Kier alpha value is -2.40. The molecule has 2 aromatic rings. The number of anilines is 1. The van der Waals surface area contributed by atoms with Crippen LogP contribution in [0.4, 0.5) is 11.4 Å². The van der Waals surface area contributed by atoms with Crippen LogP contribution in [0.5, 0.6) is 0 Å². The standard InChI is InChI=1S/C16H18N2O3/c1-2-12-3-7-14(8-4-12)17-11-16(19)13-5-9-15(10-6-13)18(20)21/h3-10,16-17,19H,2,11H2,1H3. The van der Waals surface area contributed by atoms with Gasteiger partial charge in [0.1, 0.15) is 0 Å². The number of nitro groups is 1. The molecule has 1 atom stereocenters. The summed E-state index contributed by atoms with van der Waals surface area (Å²) in [5.74, 6) is 0. The number of hydrogen-bond acceptors (Lipinski definition) is 4. The van der Waals surface area contributed by atoms with Gasteiger partial charge >= 0.3 is 0 Å². The molecule has 21 heavy (non-hydrogen) atoms. The fourth-order valence-electron chi connectivity index (χ4n) is 2.01. The number of benzene rings is 2. The molecule has 2 aromatic carbocycles. The van der Waals surface area contributed by atoms with Crippen LogP contribution in [0, 0.1) is 10.1 Å². The molecule has 0 spiro atoms. The van der Waals surface area contributed by atoms with Gasteiger partial charge < -0.3 is 10.4 Å². The molecule has 110 valence electrons. The van der Waals surface area contributed by atoms with E-state index >= 15 is 0 Å². The second-order valence-electron chi connectivity index (χ2n) is 4.80. The Bertz CT molecular complexity index is 594. The number of rotatable bonds is 6.